The third-order valence-corrected chi connectivity index (χ3v) is 6.00. The van der Waals surface area contributed by atoms with E-state index in [-0.39, 0.29) is 162 Å². The van der Waals surface area contributed by atoms with Crippen LogP contribution >= 0.6 is 34.8 Å². The van der Waals surface area contributed by atoms with Crippen LogP contribution in [0.4, 0.5) is 0 Å². The van der Waals surface area contributed by atoms with E-state index in [2.05, 4.69) is 38.1 Å². The number of aliphatic hydroxyl groups excluding tert-OH is 5. The molecule has 19 nitrogen and oxygen atoms in total. The third-order valence-electron chi connectivity index (χ3n) is 5.20. The van der Waals surface area contributed by atoms with Gasteiger partial charge in [-0.15, -0.1) is 34.8 Å². The van der Waals surface area contributed by atoms with Gasteiger partial charge in [0.1, 0.15) is 6.61 Å². The number of azide groups is 1. The SMILES string of the molecule is CCCCCOCCO.CCCCOCCO.CCOC(=O)C=[N+]=[N-].CCOC(=O)COCCCCl.OCCCCl.OCCOCCCCl.[AlH3].[B].[B].[H-].[H-].[H-].[Li+].[N-]=[N+]=NCCCOCCO.[Na+].[Na+]. The number of hydrogen-bond donors (Lipinski definition) is 5. The van der Waals surface area contributed by atoms with Crippen LogP contribution in [0.3, 0.4) is 0 Å². The predicted octanol–water partition coefficient (Wildman–Crippen LogP) is -5.64. The van der Waals surface area contributed by atoms with Crippen molar-refractivity contribution in [2.45, 2.75) is 85.5 Å². The van der Waals surface area contributed by atoms with Gasteiger partial charge in [-0.1, -0.05) is 38.2 Å². The quantitative estimate of drug-likeness (QED) is 0.00615. The Balaban J connectivity index is -0.0000000327. The van der Waals surface area contributed by atoms with Crippen molar-refractivity contribution in [3.8, 4) is 0 Å². The van der Waals surface area contributed by atoms with Gasteiger partial charge < -0.3 is 68.5 Å². The Morgan fingerprint density at radius 3 is 1.28 bits per heavy atom. The summed E-state index contributed by atoms with van der Waals surface area (Å²) < 4.78 is 33.7. The molecular formula is C37H84AlB2Cl3LiN5Na2O14. The molecule has 0 aliphatic heterocycles. The van der Waals surface area contributed by atoms with Gasteiger partial charge in [0.2, 0.25) is 0 Å². The zero-order valence-electron chi connectivity index (χ0n) is 43.2. The molecule has 65 heavy (non-hydrogen) atoms. The summed E-state index contributed by atoms with van der Waals surface area (Å²) in [6.45, 7) is 14.6. The summed E-state index contributed by atoms with van der Waals surface area (Å²) in [5.41, 5.74) is 15.6. The second kappa shape index (κ2) is 116. The van der Waals surface area contributed by atoms with Crippen molar-refractivity contribution in [1.82, 2.24) is 0 Å². The van der Waals surface area contributed by atoms with E-state index < -0.39 is 5.97 Å². The number of ether oxygens (including phenoxy) is 7. The van der Waals surface area contributed by atoms with E-state index in [1.54, 1.807) is 13.8 Å². The van der Waals surface area contributed by atoms with Crippen LogP contribution in [0.2, 0.25) is 0 Å². The molecule has 0 aliphatic carbocycles. The number of hydrogen-bond acceptors (Lipinski definition) is 15. The van der Waals surface area contributed by atoms with Gasteiger partial charge in [0, 0.05) is 85.6 Å². The maximum Gasteiger partial charge on any atom is 1.00 e. The molecular weight excluding hydrogens is 946 g/mol. The molecule has 0 amide bonds. The number of halogens is 3. The molecule has 0 unspecified atom stereocenters. The second-order valence-electron chi connectivity index (χ2n) is 10.4. The van der Waals surface area contributed by atoms with Gasteiger partial charge in [-0.25, -0.2) is 9.59 Å². The molecule has 0 saturated carbocycles. The largest absolute Gasteiger partial charge is 1.00 e. The Hall–Kier alpha value is 1.36. The number of unbranched alkanes of at least 4 members (excludes halogenated alkanes) is 3. The molecule has 0 aromatic carbocycles. The van der Waals surface area contributed by atoms with Crippen LogP contribution in [0.15, 0.2) is 5.11 Å². The van der Waals surface area contributed by atoms with Crippen molar-refractivity contribution >= 4 is 87.1 Å². The Kier molecular flexibility index (Phi) is 177. The van der Waals surface area contributed by atoms with Gasteiger partial charge in [0.25, 0.3) is 0 Å². The normalized spacial score (nSPS) is 8.31. The summed E-state index contributed by atoms with van der Waals surface area (Å²) in [6, 6.07) is 0. The minimum Gasteiger partial charge on any atom is -1.00 e. The average molecular weight is 1030 g/mol. The minimum atomic E-state index is -0.630. The Morgan fingerprint density at radius 1 is 0.569 bits per heavy atom. The molecule has 0 atom stereocenters. The number of carbonyl (C=O) groups is 2. The number of aliphatic hydroxyl groups is 5. The van der Waals surface area contributed by atoms with E-state index in [4.69, 9.17) is 95.1 Å². The molecule has 0 aromatic rings. The van der Waals surface area contributed by atoms with Gasteiger partial charge in [0.05, 0.1) is 66.1 Å². The van der Waals surface area contributed by atoms with Crippen LogP contribution in [0.25, 0.3) is 16.0 Å². The summed E-state index contributed by atoms with van der Waals surface area (Å²) in [6.07, 6.45) is 9.58. The van der Waals surface area contributed by atoms with Crippen LogP contribution in [0, 0.1) is 0 Å². The Morgan fingerprint density at radius 2 is 0.954 bits per heavy atom. The molecule has 0 heterocycles. The van der Waals surface area contributed by atoms with Gasteiger partial charge >= 0.3 is 96.1 Å². The number of carbonyl (C=O) groups excluding carboxylic acids is 2. The van der Waals surface area contributed by atoms with E-state index in [9.17, 15) is 9.59 Å². The van der Waals surface area contributed by atoms with Gasteiger partial charge in [-0.05, 0) is 57.9 Å². The minimum absolute atomic E-state index is 0. The average Bonchev–Trinajstić information content (AvgIpc) is 3.23. The van der Waals surface area contributed by atoms with Crippen LogP contribution in [0.5, 0.6) is 0 Å². The number of alkyl halides is 3. The van der Waals surface area contributed by atoms with Crippen molar-refractivity contribution in [2.75, 3.05) is 137 Å². The molecule has 0 aromatic heterocycles. The third kappa shape index (κ3) is 153. The zero-order chi connectivity index (χ0) is 46.1. The van der Waals surface area contributed by atoms with Crippen LogP contribution in [0.1, 0.15) is 89.8 Å². The smallest absolute Gasteiger partial charge is 1.00 e. The van der Waals surface area contributed by atoms with Crippen LogP contribution in [-0.2, 0) is 42.7 Å². The van der Waals surface area contributed by atoms with Crippen molar-refractivity contribution in [1.29, 1.82) is 0 Å². The zero-order valence-corrected chi connectivity index (χ0v) is 46.5. The predicted molar refractivity (Wildman–Crippen MR) is 256 cm³/mol. The molecule has 0 saturated heterocycles. The maximum atomic E-state index is 10.6. The fourth-order valence-corrected chi connectivity index (χ4v) is 2.94. The summed E-state index contributed by atoms with van der Waals surface area (Å²) in [7, 11) is 0. The molecule has 0 fully saturated rings. The topological polar surface area (TPSA) is 285 Å². The first-order valence-electron chi connectivity index (χ1n) is 19.8. The molecule has 28 heteroatoms. The number of esters is 2. The first kappa shape index (κ1) is 99.6. The van der Waals surface area contributed by atoms with E-state index in [1.165, 1.54) is 12.8 Å². The number of rotatable bonds is 32. The Labute approximate surface area is 481 Å². The van der Waals surface area contributed by atoms with Gasteiger partial charge in [0.15, 0.2) is 17.4 Å². The van der Waals surface area contributed by atoms with E-state index in [0.717, 1.165) is 45.3 Å². The standard InChI is InChI=1S/C7H13ClO3.C7H16O2.C6H14O2.C5H11ClO2.C5H11N3O2.C4H6N2O2.C3H7ClO.Al.2B.Li.2Na.6H/c1-2-11-7(9)6-10-5-3-4-8;1-2-3-4-6-9-7-5-8;1-2-3-5-8-6-4-7;6-2-1-4-8-5-3-7;6-8-7-2-1-4-10-5-3-9;1-2-8-4(7)3-6-5;4-2-1-3-5;;;;;;;;;;;;/h2-6H2,1H3;8H,2-7H2,1H3;7H,2-6H2,1H3;7H,1-5H2;9H,1-5H2;3H,2H2,1H3;5H,1-3H2;;;;;;;;;;;;/q;;;;;;;;;;3*+1;;;;3*-1. The van der Waals surface area contributed by atoms with Crippen molar-refractivity contribution in [2.24, 2.45) is 5.11 Å². The summed E-state index contributed by atoms with van der Waals surface area (Å²) in [4.78, 5) is 25.8. The van der Waals surface area contributed by atoms with Gasteiger partial charge in [-0.2, -0.15) is 4.79 Å². The molecule has 0 aliphatic rings. The Bertz CT molecular complexity index is 866. The second-order valence-corrected chi connectivity index (χ2v) is 11.6. The first-order chi connectivity index (χ1) is 28.7. The van der Waals surface area contributed by atoms with Crippen molar-refractivity contribution < 1.29 is 155 Å². The maximum absolute atomic E-state index is 10.6. The summed E-state index contributed by atoms with van der Waals surface area (Å²) in [5, 5.41) is 44.3. The monoisotopic (exact) mass is 1030 g/mol. The van der Waals surface area contributed by atoms with Crippen LogP contribution < -0.4 is 78.0 Å². The fourth-order valence-electron chi connectivity index (χ4n) is 2.61. The summed E-state index contributed by atoms with van der Waals surface area (Å²) in [5.74, 6) is 0.808. The van der Waals surface area contributed by atoms with E-state index in [0.29, 0.717) is 103 Å². The first-order valence-corrected chi connectivity index (χ1v) is 21.4. The fraction of sp³-hybridized carbons (Fsp3) is 0.919. The van der Waals surface area contributed by atoms with Crippen molar-refractivity contribution in [3.63, 3.8) is 0 Å². The molecule has 0 rings (SSSR count). The molecule has 374 valence electrons. The van der Waals surface area contributed by atoms with E-state index in [1.807, 2.05) is 0 Å². The van der Waals surface area contributed by atoms with E-state index >= 15 is 0 Å². The molecule has 0 spiro atoms. The summed E-state index contributed by atoms with van der Waals surface area (Å²) >= 11 is 15.9. The van der Waals surface area contributed by atoms with Crippen LogP contribution in [-0.4, -0.2) is 219 Å². The van der Waals surface area contributed by atoms with Gasteiger partial charge in [-0.3, -0.25) is 0 Å². The van der Waals surface area contributed by atoms with Crippen molar-refractivity contribution in [3.05, 3.63) is 16.0 Å². The molecule has 0 bridgehead atoms. The number of nitrogens with zero attached hydrogens (tertiary/aromatic N) is 5. The molecule has 5 N–H and O–H groups in total. The molecule has 6 radical (unpaired) electrons.